The quantitative estimate of drug-likeness (QED) is 0.870. The number of rotatable bonds is 4. The van der Waals surface area contributed by atoms with Crippen LogP contribution in [0, 0.1) is 0 Å². The van der Waals surface area contributed by atoms with Crippen LogP contribution in [-0.4, -0.2) is 26.4 Å². The lowest BCUT2D eigenvalue weighted by molar-refractivity contribution is 0.133. The van der Waals surface area contributed by atoms with Crippen molar-refractivity contribution in [3.63, 3.8) is 0 Å². The summed E-state index contributed by atoms with van der Waals surface area (Å²) in [7, 11) is 3.47. The number of hydrogen-bond acceptors (Lipinski definition) is 3. The van der Waals surface area contributed by atoms with Crippen molar-refractivity contribution < 1.29 is 9.47 Å². The van der Waals surface area contributed by atoms with E-state index >= 15 is 0 Å². The Morgan fingerprint density at radius 2 is 2.18 bits per heavy atom. The van der Waals surface area contributed by atoms with Crippen LogP contribution < -0.4 is 10.1 Å². The average Bonchev–Trinajstić information content (AvgIpc) is 2.38. The van der Waals surface area contributed by atoms with Gasteiger partial charge in [0.25, 0.3) is 0 Å². The molecule has 0 saturated heterocycles. The number of nitrogens with one attached hydrogen (secondary N) is 1. The summed E-state index contributed by atoms with van der Waals surface area (Å²) < 4.78 is 10.6. The molecular formula is C14H21NO2. The van der Waals surface area contributed by atoms with Crippen molar-refractivity contribution >= 4 is 5.69 Å². The number of aryl methyl sites for hydroxylation is 1. The molecule has 17 heavy (non-hydrogen) atoms. The van der Waals surface area contributed by atoms with E-state index in [1.165, 1.54) is 11.3 Å². The fourth-order valence-electron chi connectivity index (χ4n) is 2.49. The first-order valence-electron chi connectivity index (χ1n) is 6.17. The summed E-state index contributed by atoms with van der Waals surface area (Å²) in [6.07, 6.45) is 3.29. The minimum Gasteiger partial charge on any atom is -0.497 e. The predicted molar refractivity (Wildman–Crippen MR) is 69.8 cm³/mol. The van der Waals surface area contributed by atoms with Crippen LogP contribution >= 0.6 is 0 Å². The highest BCUT2D eigenvalue weighted by atomic mass is 16.5. The molecule has 1 unspecified atom stereocenters. The molecule has 1 aliphatic heterocycles. The van der Waals surface area contributed by atoms with Gasteiger partial charge in [0, 0.05) is 18.9 Å². The molecule has 0 spiro atoms. The average molecular weight is 235 g/mol. The van der Waals surface area contributed by atoms with Gasteiger partial charge in [0.1, 0.15) is 5.75 Å². The van der Waals surface area contributed by atoms with Crippen LogP contribution in [0.25, 0.3) is 0 Å². The normalized spacial score (nSPS) is 22.8. The van der Waals surface area contributed by atoms with Gasteiger partial charge in [-0.05, 0) is 30.9 Å². The summed E-state index contributed by atoms with van der Waals surface area (Å²) in [5.41, 5.74) is 2.63. The number of anilines is 1. The maximum absolute atomic E-state index is 5.35. The van der Waals surface area contributed by atoms with Gasteiger partial charge in [-0.15, -0.1) is 0 Å². The molecule has 1 aliphatic rings. The Kier molecular flexibility index (Phi) is 3.57. The smallest absolute Gasteiger partial charge is 0.120 e. The first-order valence-corrected chi connectivity index (χ1v) is 6.17. The highest BCUT2D eigenvalue weighted by Gasteiger charge is 2.32. The van der Waals surface area contributed by atoms with Crippen molar-refractivity contribution in [1.82, 2.24) is 0 Å². The molecule has 1 atom stereocenters. The molecule has 0 amide bonds. The van der Waals surface area contributed by atoms with E-state index in [9.17, 15) is 0 Å². The van der Waals surface area contributed by atoms with E-state index in [1.807, 2.05) is 6.07 Å². The van der Waals surface area contributed by atoms with Gasteiger partial charge in [0.05, 0.1) is 19.3 Å². The molecule has 0 fully saturated rings. The fourth-order valence-corrected chi connectivity index (χ4v) is 2.49. The molecule has 2 rings (SSSR count). The van der Waals surface area contributed by atoms with E-state index < -0.39 is 0 Å². The second-order valence-electron chi connectivity index (χ2n) is 4.71. The van der Waals surface area contributed by atoms with E-state index in [4.69, 9.17) is 9.47 Å². The molecule has 3 heteroatoms. The zero-order chi connectivity index (χ0) is 12.3. The highest BCUT2D eigenvalue weighted by molar-refractivity contribution is 5.58. The third-order valence-electron chi connectivity index (χ3n) is 3.69. The second-order valence-corrected chi connectivity index (χ2v) is 4.71. The molecule has 1 heterocycles. The molecule has 3 nitrogen and oxygen atoms in total. The number of ether oxygens (including phenoxy) is 2. The number of fused-ring (bicyclic) bond motifs is 1. The van der Waals surface area contributed by atoms with Crippen molar-refractivity contribution in [1.29, 1.82) is 0 Å². The van der Waals surface area contributed by atoms with E-state index in [1.54, 1.807) is 14.2 Å². The summed E-state index contributed by atoms with van der Waals surface area (Å²) in [4.78, 5) is 0. The Morgan fingerprint density at radius 3 is 2.82 bits per heavy atom. The van der Waals surface area contributed by atoms with Gasteiger partial charge in [-0.1, -0.05) is 13.0 Å². The van der Waals surface area contributed by atoms with Crippen LogP contribution in [0.4, 0.5) is 5.69 Å². The Balaban J connectivity index is 2.26. The van der Waals surface area contributed by atoms with Crippen LogP contribution in [-0.2, 0) is 11.2 Å². The van der Waals surface area contributed by atoms with Crippen molar-refractivity contribution in [3.05, 3.63) is 23.8 Å². The first kappa shape index (κ1) is 12.2. The largest absolute Gasteiger partial charge is 0.497 e. The molecule has 0 aliphatic carbocycles. The van der Waals surface area contributed by atoms with E-state index in [0.29, 0.717) is 0 Å². The van der Waals surface area contributed by atoms with Gasteiger partial charge in [-0.25, -0.2) is 0 Å². The van der Waals surface area contributed by atoms with E-state index in [0.717, 1.165) is 31.6 Å². The van der Waals surface area contributed by atoms with Crippen molar-refractivity contribution in [2.75, 3.05) is 26.1 Å². The van der Waals surface area contributed by atoms with Crippen molar-refractivity contribution in [2.24, 2.45) is 0 Å². The van der Waals surface area contributed by atoms with Gasteiger partial charge in [-0.2, -0.15) is 0 Å². The Bertz CT molecular complexity index is 392. The number of benzene rings is 1. The number of hydrogen-bond donors (Lipinski definition) is 1. The van der Waals surface area contributed by atoms with Crippen LogP contribution in [0.3, 0.4) is 0 Å². The van der Waals surface area contributed by atoms with Gasteiger partial charge in [0.15, 0.2) is 0 Å². The lowest BCUT2D eigenvalue weighted by atomic mass is 9.84. The topological polar surface area (TPSA) is 30.5 Å². The number of methoxy groups -OCH3 is 2. The third-order valence-corrected chi connectivity index (χ3v) is 3.69. The Labute approximate surface area is 103 Å². The predicted octanol–water partition coefficient (Wildman–Crippen LogP) is 2.85. The minimum absolute atomic E-state index is 0.0775. The summed E-state index contributed by atoms with van der Waals surface area (Å²) in [5, 5.41) is 3.63. The maximum atomic E-state index is 5.35. The molecule has 1 aromatic rings. The lowest BCUT2D eigenvalue weighted by Gasteiger charge is -2.39. The summed E-state index contributed by atoms with van der Waals surface area (Å²) in [6.45, 7) is 2.96. The fraction of sp³-hybridized carbons (Fsp3) is 0.571. The van der Waals surface area contributed by atoms with Gasteiger partial charge in [0.2, 0.25) is 0 Å². The zero-order valence-corrected chi connectivity index (χ0v) is 10.9. The van der Waals surface area contributed by atoms with Crippen molar-refractivity contribution in [3.8, 4) is 5.75 Å². The van der Waals surface area contributed by atoms with Gasteiger partial charge < -0.3 is 14.8 Å². The van der Waals surface area contributed by atoms with Crippen LogP contribution in [0.5, 0.6) is 5.75 Å². The van der Waals surface area contributed by atoms with Crippen LogP contribution in [0.1, 0.15) is 25.3 Å². The molecule has 0 radical (unpaired) electrons. The molecule has 0 saturated carbocycles. The van der Waals surface area contributed by atoms with Crippen LogP contribution in [0.2, 0.25) is 0 Å². The van der Waals surface area contributed by atoms with Crippen LogP contribution in [0.15, 0.2) is 18.2 Å². The Morgan fingerprint density at radius 1 is 1.35 bits per heavy atom. The standard InChI is InChI=1S/C14H21NO2/c1-4-14(10-16-2)8-7-11-5-6-12(17-3)9-13(11)15-14/h5-6,9,15H,4,7-8,10H2,1-3H3. The SMILES string of the molecule is CCC1(COC)CCc2ccc(OC)cc2N1. The minimum atomic E-state index is 0.0775. The van der Waals surface area contributed by atoms with E-state index in [2.05, 4.69) is 24.4 Å². The first-order chi connectivity index (χ1) is 8.23. The molecule has 0 aromatic heterocycles. The Hall–Kier alpha value is -1.22. The third kappa shape index (κ3) is 2.39. The van der Waals surface area contributed by atoms with Crippen molar-refractivity contribution in [2.45, 2.75) is 31.7 Å². The highest BCUT2D eigenvalue weighted by Crippen LogP contribution is 2.35. The second kappa shape index (κ2) is 4.96. The molecule has 1 aromatic carbocycles. The molecule has 1 N–H and O–H groups in total. The maximum Gasteiger partial charge on any atom is 0.120 e. The van der Waals surface area contributed by atoms with Gasteiger partial charge >= 0.3 is 0 Å². The molecular weight excluding hydrogens is 214 g/mol. The summed E-state index contributed by atoms with van der Waals surface area (Å²) in [6, 6.07) is 6.25. The molecule has 94 valence electrons. The summed E-state index contributed by atoms with van der Waals surface area (Å²) in [5.74, 6) is 0.903. The van der Waals surface area contributed by atoms with E-state index in [-0.39, 0.29) is 5.54 Å². The monoisotopic (exact) mass is 235 g/mol. The lowest BCUT2D eigenvalue weighted by Crippen LogP contribution is -2.45. The zero-order valence-electron chi connectivity index (χ0n) is 10.9. The van der Waals surface area contributed by atoms with Gasteiger partial charge in [-0.3, -0.25) is 0 Å². The molecule has 0 bridgehead atoms. The summed E-state index contributed by atoms with van der Waals surface area (Å²) >= 11 is 0.